The largest absolute Gasteiger partial charge is 0.489 e. The number of esters is 1. The number of para-hydroxylation sites is 2. The van der Waals surface area contributed by atoms with E-state index in [-0.39, 0.29) is 12.3 Å². The molecule has 6 heteroatoms. The quantitative estimate of drug-likeness (QED) is 0.355. The molecule has 0 saturated carbocycles. The summed E-state index contributed by atoms with van der Waals surface area (Å²) in [6.07, 6.45) is 0.547. The van der Waals surface area contributed by atoms with Crippen molar-refractivity contribution in [1.29, 1.82) is 0 Å². The molecule has 0 unspecified atom stereocenters. The maximum atomic E-state index is 12.2. The van der Waals surface area contributed by atoms with Crippen molar-refractivity contribution >= 4 is 17.0 Å². The predicted molar refractivity (Wildman–Crippen MR) is 115 cm³/mol. The second-order valence-corrected chi connectivity index (χ2v) is 6.89. The molecular formula is C24H22N2O4. The van der Waals surface area contributed by atoms with Gasteiger partial charge >= 0.3 is 11.7 Å². The third-order valence-corrected chi connectivity index (χ3v) is 4.78. The number of benzene rings is 3. The van der Waals surface area contributed by atoms with Crippen LogP contribution in [-0.4, -0.2) is 22.1 Å². The Balaban J connectivity index is 1.26. The molecule has 0 bridgehead atoms. The molecule has 0 fully saturated rings. The molecule has 4 aromatic rings. The third-order valence-electron chi connectivity index (χ3n) is 4.78. The molecule has 0 radical (unpaired) electrons. The molecule has 0 saturated heterocycles. The topological polar surface area (TPSA) is 73.3 Å². The number of nitrogens with zero attached hydrogens (tertiary/aromatic N) is 1. The summed E-state index contributed by atoms with van der Waals surface area (Å²) in [5.41, 5.74) is 3.03. The Morgan fingerprint density at radius 3 is 2.43 bits per heavy atom. The van der Waals surface area contributed by atoms with Crippen molar-refractivity contribution in [1.82, 2.24) is 9.55 Å². The number of aryl methyl sites for hydroxylation is 1. The zero-order valence-corrected chi connectivity index (χ0v) is 16.4. The highest BCUT2D eigenvalue weighted by molar-refractivity contribution is 5.89. The summed E-state index contributed by atoms with van der Waals surface area (Å²) in [5.74, 6) is 0.296. The standard InChI is InChI=1S/C24H22N2O4/c27-23(19-11-13-20(14-12-19)30-17-18-7-2-1-3-8-18)29-16-6-15-26-22-10-5-4-9-21(22)25-24(26)28/h1-5,7-14H,6,15-17H2,(H,25,28). The summed E-state index contributed by atoms with van der Waals surface area (Å²) in [6, 6.07) is 24.3. The average molecular weight is 402 g/mol. The minimum absolute atomic E-state index is 0.159. The lowest BCUT2D eigenvalue weighted by atomic mass is 10.2. The number of ether oxygens (including phenoxy) is 2. The molecule has 1 aromatic heterocycles. The molecule has 1 heterocycles. The monoisotopic (exact) mass is 402 g/mol. The van der Waals surface area contributed by atoms with Crippen molar-refractivity contribution in [2.75, 3.05) is 6.61 Å². The van der Waals surface area contributed by atoms with E-state index >= 15 is 0 Å². The van der Waals surface area contributed by atoms with Crippen molar-refractivity contribution < 1.29 is 14.3 Å². The van der Waals surface area contributed by atoms with Gasteiger partial charge in [-0.3, -0.25) is 4.57 Å². The molecule has 1 N–H and O–H groups in total. The Labute approximate surface area is 173 Å². The minimum atomic E-state index is -0.393. The molecule has 6 nitrogen and oxygen atoms in total. The number of H-pyrrole nitrogens is 1. The van der Waals surface area contributed by atoms with E-state index in [1.165, 1.54) is 0 Å². The molecular weight excluding hydrogens is 380 g/mol. The van der Waals surface area contributed by atoms with Gasteiger partial charge in [-0.1, -0.05) is 42.5 Å². The molecule has 0 amide bonds. The maximum Gasteiger partial charge on any atom is 0.338 e. The van der Waals surface area contributed by atoms with E-state index < -0.39 is 5.97 Å². The van der Waals surface area contributed by atoms with Crippen LogP contribution in [0.3, 0.4) is 0 Å². The van der Waals surface area contributed by atoms with Gasteiger partial charge in [-0.2, -0.15) is 0 Å². The van der Waals surface area contributed by atoms with Crippen molar-refractivity contribution in [3.8, 4) is 5.75 Å². The fraction of sp³-hybridized carbons (Fsp3) is 0.167. The van der Waals surface area contributed by atoms with Crippen LogP contribution in [0.4, 0.5) is 0 Å². The lowest BCUT2D eigenvalue weighted by Gasteiger charge is -2.08. The predicted octanol–water partition coefficient (Wildman–Crippen LogP) is 4.16. The van der Waals surface area contributed by atoms with Gasteiger partial charge in [0.15, 0.2) is 0 Å². The Morgan fingerprint density at radius 2 is 1.63 bits per heavy atom. The molecule has 0 aliphatic rings. The number of rotatable bonds is 8. The van der Waals surface area contributed by atoms with E-state index in [0.29, 0.717) is 30.9 Å². The van der Waals surface area contributed by atoms with E-state index in [9.17, 15) is 9.59 Å². The Morgan fingerprint density at radius 1 is 0.900 bits per heavy atom. The van der Waals surface area contributed by atoms with Crippen LogP contribution in [0.2, 0.25) is 0 Å². The molecule has 0 atom stereocenters. The SMILES string of the molecule is O=C(OCCCn1c(=O)[nH]c2ccccc21)c1ccc(OCc2ccccc2)cc1. The van der Waals surface area contributed by atoms with Crippen LogP contribution >= 0.6 is 0 Å². The van der Waals surface area contributed by atoms with Gasteiger partial charge in [0.1, 0.15) is 12.4 Å². The number of fused-ring (bicyclic) bond motifs is 1. The van der Waals surface area contributed by atoms with Gasteiger partial charge in [0.2, 0.25) is 0 Å². The fourth-order valence-corrected chi connectivity index (χ4v) is 3.23. The summed E-state index contributed by atoms with van der Waals surface area (Å²) in [5, 5.41) is 0. The molecule has 152 valence electrons. The first-order valence-electron chi connectivity index (χ1n) is 9.82. The van der Waals surface area contributed by atoms with Crippen LogP contribution in [0, 0.1) is 0 Å². The van der Waals surface area contributed by atoms with Crippen LogP contribution < -0.4 is 10.4 Å². The van der Waals surface area contributed by atoms with Crippen LogP contribution in [0.15, 0.2) is 83.7 Å². The molecule has 3 aromatic carbocycles. The summed E-state index contributed by atoms with van der Waals surface area (Å²) in [7, 11) is 0. The lowest BCUT2D eigenvalue weighted by Crippen LogP contribution is -2.18. The fourth-order valence-electron chi connectivity index (χ4n) is 3.23. The summed E-state index contributed by atoms with van der Waals surface area (Å²) < 4.78 is 12.7. The number of nitrogens with one attached hydrogen (secondary N) is 1. The smallest absolute Gasteiger partial charge is 0.338 e. The zero-order chi connectivity index (χ0) is 20.8. The molecule has 0 aliphatic carbocycles. The third kappa shape index (κ3) is 4.60. The normalized spacial score (nSPS) is 10.8. The van der Waals surface area contributed by atoms with Gasteiger partial charge in [-0.15, -0.1) is 0 Å². The summed E-state index contributed by atoms with van der Waals surface area (Å²) in [6.45, 7) is 1.18. The molecule has 30 heavy (non-hydrogen) atoms. The average Bonchev–Trinajstić information content (AvgIpc) is 3.11. The highest BCUT2D eigenvalue weighted by Gasteiger charge is 2.09. The molecule has 0 spiro atoms. The number of aromatic nitrogens is 2. The van der Waals surface area contributed by atoms with E-state index in [1.807, 2.05) is 54.6 Å². The van der Waals surface area contributed by atoms with Crippen LogP contribution in [-0.2, 0) is 17.9 Å². The number of carbonyl (C=O) groups is 1. The summed E-state index contributed by atoms with van der Waals surface area (Å²) in [4.78, 5) is 27.1. The second-order valence-electron chi connectivity index (χ2n) is 6.89. The van der Waals surface area contributed by atoms with Crippen molar-refractivity contribution in [2.45, 2.75) is 19.6 Å². The van der Waals surface area contributed by atoms with Crippen LogP contribution in [0.5, 0.6) is 5.75 Å². The van der Waals surface area contributed by atoms with Gasteiger partial charge < -0.3 is 14.5 Å². The lowest BCUT2D eigenvalue weighted by molar-refractivity contribution is 0.0496. The number of hydrogen-bond acceptors (Lipinski definition) is 4. The number of hydrogen-bond donors (Lipinski definition) is 1. The molecule has 4 rings (SSSR count). The first kappa shape index (κ1) is 19.5. The maximum absolute atomic E-state index is 12.2. The Hall–Kier alpha value is -3.80. The highest BCUT2D eigenvalue weighted by Crippen LogP contribution is 2.15. The van der Waals surface area contributed by atoms with Gasteiger partial charge in [-0.25, -0.2) is 9.59 Å². The number of carbonyl (C=O) groups excluding carboxylic acids is 1. The van der Waals surface area contributed by atoms with Gasteiger partial charge in [-0.05, 0) is 48.4 Å². The van der Waals surface area contributed by atoms with Gasteiger partial charge in [0.05, 0.1) is 23.2 Å². The van der Waals surface area contributed by atoms with Crippen LogP contribution in [0.25, 0.3) is 11.0 Å². The Bertz CT molecular complexity index is 1180. The van der Waals surface area contributed by atoms with E-state index in [4.69, 9.17) is 9.47 Å². The van der Waals surface area contributed by atoms with Crippen molar-refractivity contribution in [2.24, 2.45) is 0 Å². The first-order chi connectivity index (χ1) is 14.7. The van der Waals surface area contributed by atoms with E-state index in [1.54, 1.807) is 28.8 Å². The zero-order valence-electron chi connectivity index (χ0n) is 16.4. The number of imidazole rings is 1. The molecule has 0 aliphatic heterocycles. The van der Waals surface area contributed by atoms with Crippen molar-refractivity contribution in [3.05, 3.63) is 100 Å². The number of aromatic amines is 1. The van der Waals surface area contributed by atoms with Crippen LogP contribution in [0.1, 0.15) is 22.3 Å². The van der Waals surface area contributed by atoms with Gasteiger partial charge in [0, 0.05) is 6.54 Å². The van der Waals surface area contributed by atoms with E-state index in [0.717, 1.165) is 16.6 Å². The summed E-state index contributed by atoms with van der Waals surface area (Å²) >= 11 is 0. The highest BCUT2D eigenvalue weighted by atomic mass is 16.5. The minimum Gasteiger partial charge on any atom is -0.489 e. The van der Waals surface area contributed by atoms with Gasteiger partial charge in [0.25, 0.3) is 0 Å². The van der Waals surface area contributed by atoms with E-state index in [2.05, 4.69) is 4.98 Å². The Kier molecular flexibility index (Phi) is 5.94. The van der Waals surface area contributed by atoms with Crippen molar-refractivity contribution in [3.63, 3.8) is 0 Å². The first-order valence-corrected chi connectivity index (χ1v) is 9.82. The second kappa shape index (κ2) is 9.13.